The lowest BCUT2D eigenvalue weighted by Crippen LogP contribution is -2.18. The number of anilines is 6. The Balaban J connectivity index is 1.12. The van der Waals surface area contributed by atoms with Crippen molar-refractivity contribution < 1.29 is 8.83 Å². The predicted molar refractivity (Wildman–Crippen MR) is 267 cm³/mol. The minimum absolute atomic E-state index is 0.301. The van der Waals surface area contributed by atoms with E-state index in [1.807, 2.05) is 24.3 Å². The maximum atomic E-state index is 6.45. The van der Waals surface area contributed by atoms with E-state index in [1.165, 1.54) is 0 Å². The topological polar surface area (TPSA) is 58.5 Å². The lowest BCUT2D eigenvalue weighted by molar-refractivity contribution is 0.576. The Morgan fingerprint density at radius 1 is 0.328 bits per heavy atom. The van der Waals surface area contributed by atoms with Crippen LogP contribution in [0.25, 0.3) is 76.5 Å². The first kappa shape index (κ1) is 38.0. The quantitative estimate of drug-likeness (QED) is 0.156. The molecule has 0 aliphatic carbocycles. The van der Waals surface area contributed by atoms with Gasteiger partial charge in [-0.25, -0.2) is 0 Å². The minimum Gasteiger partial charge on any atom is -0.456 e. The van der Waals surface area contributed by atoms with Crippen molar-refractivity contribution in [2.75, 3.05) is 9.80 Å². The van der Waals surface area contributed by atoms with E-state index in [4.69, 9.17) is 18.8 Å². The number of hydrogen-bond donors (Lipinski definition) is 0. The van der Waals surface area contributed by atoms with Gasteiger partial charge in [0.05, 0.1) is 22.4 Å². The van der Waals surface area contributed by atoms with Crippen molar-refractivity contribution >= 4 is 111 Å². The number of pyridine rings is 2. The standard InChI is InChI=1S/C58H46N4O2/c1-57(2,3)55-45-29-39(61(35-17-9-7-10-18-35)37-25-27-43-41-21-13-15-23-49(41)63-51(43)33-37)32-48-53(45)54-46(56(60-48)58(4,5)6)30-40(31-47(54)59-55)62(36-19-11-8-12-20-36)38-26-28-44-42-22-14-16-24-50(42)64-52(44)34-38/h7-34H,1-6H3. The van der Waals surface area contributed by atoms with Crippen LogP contribution in [0.2, 0.25) is 0 Å². The summed E-state index contributed by atoms with van der Waals surface area (Å²) >= 11 is 0. The van der Waals surface area contributed by atoms with Gasteiger partial charge in [-0.3, -0.25) is 9.97 Å². The van der Waals surface area contributed by atoms with Gasteiger partial charge in [0.1, 0.15) is 22.3 Å². The lowest BCUT2D eigenvalue weighted by Gasteiger charge is -2.30. The second-order valence-electron chi connectivity index (χ2n) is 19.1. The molecular weight excluding hydrogens is 785 g/mol. The van der Waals surface area contributed by atoms with Gasteiger partial charge in [0, 0.05) is 100 Å². The van der Waals surface area contributed by atoms with Crippen LogP contribution >= 0.6 is 0 Å². The van der Waals surface area contributed by atoms with Crippen LogP contribution in [-0.4, -0.2) is 9.97 Å². The second-order valence-corrected chi connectivity index (χ2v) is 19.1. The number of rotatable bonds is 6. The number of furan rings is 2. The minimum atomic E-state index is -0.301. The summed E-state index contributed by atoms with van der Waals surface area (Å²) in [5.74, 6) is 0. The SMILES string of the molecule is CC(C)(C)c1nc2cc(N(c3ccccc3)c3ccc4c(c3)oc3ccccc34)cc3c(C(C)(C)C)nc4cc(N(c5ccccc5)c5ccc6c(c5)oc5ccccc56)cc1c4c23. The molecule has 0 radical (unpaired) electrons. The maximum Gasteiger partial charge on any atom is 0.137 e. The number of aromatic nitrogens is 2. The van der Waals surface area contributed by atoms with Gasteiger partial charge in [0.2, 0.25) is 0 Å². The fraction of sp³-hybridized carbons (Fsp3) is 0.138. The zero-order valence-electron chi connectivity index (χ0n) is 36.8. The van der Waals surface area contributed by atoms with Gasteiger partial charge in [-0.2, -0.15) is 0 Å². The van der Waals surface area contributed by atoms with Gasteiger partial charge in [-0.15, -0.1) is 0 Å². The van der Waals surface area contributed by atoms with Crippen molar-refractivity contribution in [3.05, 3.63) is 181 Å². The van der Waals surface area contributed by atoms with Crippen molar-refractivity contribution in [2.24, 2.45) is 0 Å². The molecule has 0 bridgehead atoms. The monoisotopic (exact) mass is 830 g/mol. The molecule has 0 fully saturated rings. The zero-order valence-corrected chi connectivity index (χ0v) is 36.8. The first-order chi connectivity index (χ1) is 31.0. The summed E-state index contributed by atoms with van der Waals surface area (Å²) in [6, 6.07) is 59.9. The largest absolute Gasteiger partial charge is 0.456 e. The van der Waals surface area contributed by atoms with Crippen molar-refractivity contribution in [3.63, 3.8) is 0 Å². The summed E-state index contributed by atoms with van der Waals surface area (Å²) in [5.41, 5.74) is 12.9. The molecule has 0 aliphatic heterocycles. The Morgan fingerprint density at radius 2 is 0.703 bits per heavy atom. The molecule has 4 aromatic heterocycles. The smallest absolute Gasteiger partial charge is 0.137 e. The van der Waals surface area contributed by atoms with Gasteiger partial charge in [0.25, 0.3) is 0 Å². The predicted octanol–water partition coefficient (Wildman–Crippen LogP) is 16.7. The molecule has 0 spiro atoms. The molecule has 0 atom stereocenters. The number of hydrogen-bond acceptors (Lipinski definition) is 6. The highest BCUT2D eigenvalue weighted by molar-refractivity contribution is 6.24. The van der Waals surface area contributed by atoms with Crippen molar-refractivity contribution in [1.82, 2.24) is 9.97 Å². The first-order valence-electron chi connectivity index (χ1n) is 22.1. The fourth-order valence-electron chi connectivity index (χ4n) is 9.82. The van der Waals surface area contributed by atoms with Gasteiger partial charge in [-0.05, 0) is 84.9 Å². The fourth-order valence-corrected chi connectivity index (χ4v) is 9.82. The molecule has 0 N–H and O–H groups in total. The Hall–Kier alpha value is -7.70. The van der Waals surface area contributed by atoms with E-state index < -0.39 is 0 Å². The van der Waals surface area contributed by atoms with E-state index in [0.717, 1.165) is 122 Å². The highest BCUT2D eigenvalue weighted by atomic mass is 16.3. The molecule has 12 aromatic rings. The summed E-state index contributed by atoms with van der Waals surface area (Å²) in [6.45, 7) is 13.6. The van der Waals surface area contributed by atoms with E-state index in [2.05, 4.69) is 197 Å². The number of fused-ring (bicyclic) bond motifs is 6. The number of nitrogens with zero attached hydrogens (tertiary/aromatic N) is 4. The Bertz CT molecular complexity index is 3510. The average molecular weight is 831 g/mol. The third-order valence-electron chi connectivity index (χ3n) is 12.6. The van der Waals surface area contributed by atoms with Gasteiger partial charge in [0.15, 0.2) is 0 Å². The van der Waals surface area contributed by atoms with E-state index in [-0.39, 0.29) is 10.8 Å². The lowest BCUT2D eigenvalue weighted by atomic mass is 9.83. The molecule has 310 valence electrons. The molecule has 6 nitrogen and oxygen atoms in total. The number of benzene rings is 8. The van der Waals surface area contributed by atoms with Crippen molar-refractivity contribution in [2.45, 2.75) is 52.4 Å². The summed E-state index contributed by atoms with van der Waals surface area (Å²) < 4.78 is 12.9. The van der Waals surface area contributed by atoms with E-state index in [1.54, 1.807) is 0 Å². The zero-order chi connectivity index (χ0) is 43.5. The van der Waals surface area contributed by atoms with E-state index >= 15 is 0 Å². The molecule has 0 aliphatic rings. The molecule has 64 heavy (non-hydrogen) atoms. The molecule has 0 saturated carbocycles. The Morgan fingerprint density at radius 3 is 1.11 bits per heavy atom. The highest BCUT2D eigenvalue weighted by Gasteiger charge is 2.30. The van der Waals surface area contributed by atoms with Crippen LogP contribution in [-0.2, 0) is 10.8 Å². The molecule has 8 aromatic carbocycles. The van der Waals surface area contributed by atoms with Crippen LogP contribution < -0.4 is 9.80 Å². The Kier molecular flexibility index (Phi) is 8.26. The van der Waals surface area contributed by atoms with Crippen LogP contribution in [0, 0.1) is 0 Å². The molecule has 12 rings (SSSR count). The second kappa shape index (κ2) is 13.9. The third-order valence-corrected chi connectivity index (χ3v) is 12.6. The van der Waals surface area contributed by atoms with Gasteiger partial charge < -0.3 is 18.6 Å². The summed E-state index contributed by atoms with van der Waals surface area (Å²) in [6.07, 6.45) is 0. The normalized spacial score (nSPS) is 12.5. The maximum absolute atomic E-state index is 6.45. The van der Waals surface area contributed by atoms with Crippen LogP contribution in [0.4, 0.5) is 34.1 Å². The van der Waals surface area contributed by atoms with Crippen molar-refractivity contribution in [1.29, 1.82) is 0 Å². The highest BCUT2D eigenvalue weighted by Crippen LogP contribution is 2.48. The van der Waals surface area contributed by atoms with Crippen LogP contribution in [0.3, 0.4) is 0 Å². The van der Waals surface area contributed by atoms with Crippen LogP contribution in [0.5, 0.6) is 0 Å². The van der Waals surface area contributed by atoms with Gasteiger partial charge >= 0.3 is 0 Å². The average Bonchev–Trinajstić information content (AvgIpc) is 3.85. The van der Waals surface area contributed by atoms with Crippen molar-refractivity contribution in [3.8, 4) is 0 Å². The molecule has 0 amide bonds. The van der Waals surface area contributed by atoms with Crippen LogP contribution in [0.15, 0.2) is 179 Å². The molecular formula is C58H46N4O2. The first-order valence-corrected chi connectivity index (χ1v) is 22.1. The summed E-state index contributed by atoms with van der Waals surface area (Å²) in [4.78, 5) is 16.1. The molecule has 4 heterocycles. The van der Waals surface area contributed by atoms with Crippen LogP contribution in [0.1, 0.15) is 52.9 Å². The van der Waals surface area contributed by atoms with Gasteiger partial charge in [-0.1, -0.05) is 114 Å². The number of para-hydroxylation sites is 4. The van der Waals surface area contributed by atoms with E-state index in [9.17, 15) is 0 Å². The van der Waals surface area contributed by atoms with E-state index in [0.29, 0.717) is 0 Å². The third kappa shape index (κ3) is 6.00. The summed E-state index contributed by atoms with van der Waals surface area (Å²) in [5, 5.41) is 8.87. The molecule has 0 unspecified atom stereocenters. The summed E-state index contributed by atoms with van der Waals surface area (Å²) in [7, 11) is 0. The molecule has 0 saturated heterocycles. The molecule has 6 heteroatoms. The Labute approximate surface area is 371 Å².